The predicted molar refractivity (Wildman–Crippen MR) is 118 cm³/mol. The van der Waals surface area contributed by atoms with Crippen molar-refractivity contribution in [3.8, 4) is 0 Å². The number of carbonyl (C=O) groups is 1. The van der Waals surface area contributed by atoms with Gasteiger partial charge in [-0.05, 0) is 12.8 Å². The maximum atomic E-state index is 11.6. The van der Waals surface area contributed by atoms with Crippen LogP contribution in [0.3, 0.4) is 0 Å². The van der Waals surface area contributed by atoms with E-state index in [2.05, 4.69) is 12.2 Å². The molecule has 1 amide bonds. The van der Waals surface area contributed by atoms with E-state index >= 15 is 0 Å². The van der Waals surface area contributed by atoms with E-state index in [1.807, 2.05) is 0 Å². The van der Waals surface area contributed by atoms with Crippen molar-refractivity contribution in [3.05, 3.63) is 0 Å². The molecule has 0 aromatic carbocycles. The van der Waals surface area contributed by atoms with Crippen molar-refractivity contribution >= 4 is 16.0 Å². The molecule has 0 rings (SSSR count). The van der Waals surface area contributed by atoms with Crippen LogP contribution in [0.15, 0.2) is 0 Å². The number of hydrogen-bond donors (Lipinski definition) is 2. The number of hydrogen-bond acceptors (Lipinski definition) is 3. The Labute approximate surface area is 174 Å². The molecule has 5 nitrogen and oxygen atoms in total. The molecule has 0 saturated carbocycles. The van der Waals surface area contributed by atoms with E-state index < -0.39 is 10.1 Å². The summed E-state index contributed by atoms with van der Waals surface area (Å²) in [6.45, 7) is 2.57. The van der Waals surface area contributed by atoms with E-state index in [0.29, 0.717) is 13.0 Å². The van der Waals surface area contributed by atoms with E-state index in [4.69, 9.17) is 4.55 Å². The Balaban J connectivity index is 3.18. The van der Waals surface area contributed by atoms with Gasteiger partial charge >= 0.3 is 0 Å². The highest BCUT2D eigenvalue weighted by Gasteiger charge is 2.05. The average Bonchev–Trinajstić information content (AvgIpc) is 2.64. The first kappa shape index (κ1) is 27.4. The fraction of sp³-hybridized carbons (Fsp3) is 0.955. The normalized spacial score (nSPS) is 11.6. The minimum absolute atomic E-state index is 0.0271. The van der Waals surface area contributed by atoms with Crippen LogP contribution in [0.4, 0.5) is 0 Å². The maximum Gasteiger partial charge on any atom is 0.264 e. The van der Waals surface area contributed by atoms with Gasteiger partial charge in [0.1, 0.15) is 0 Å². The Morgan fingerprint density at radius 3 is 1.46 bits per heavy atom. The summed E-state index contributed by atoms with van der Waals surface area (Å²) in [5.41, 5.74) is 0. The molecule has 0 aliphatic rings. The van der Waals surface area contributed by atoms with Crippen molar-refractivity contribution in [3.63, 3.8) is 0 Å². The molecule has 6 heteroatoms. The van der Waals surface area contributed by atoms with Gasteiger partial charge in [0.25, 0.3) is 10.1 Å². The van der Waals surface area contributed by atoms with Crippen molar-refractivity contribution in [2.45, 2.75) is 122 Å². The van der Waals surface area contributed by atoms with Gasteiger partial charge in [-0.3, -0.25) is 9.35 Å². The van der Waals surface area contributed by atoms with E-state index in [1.54, 1.807) is 0 Å². The summed E-state index contributed by atoms with van der Waals surface area (Å²) in [7, 11) is -3.92. The Hall–Kier alpha value is -0.620. The second kappa shape index (κ2) is 19.7. The topological polar surface area (TPSA) is 83.5 Å². The van der Waals surface area contributed by atoms with E-state index in [1.165, 1.54) is 89.9 Å². The highest BCUT2D eigenvalue weighted by atomic mass is 32.2. The van der Waals surface area contributed by atoms with Crippen LogP contribution in [-0.4, -0.2) is 31.2 Å². The zero-order valence-electron chi connectivity index (χ0n) is 18.2. The van der Waals surface area contributed by atoms with Crippen LogP contribution in [0.1, 0.15) is 122 Å². The molecule has 0 aliphatic heterocycles. The van der Waals surface area contributed by atoms with Crippen LogP contribution in [0.2, 0.25) is 0 Å². The lowest BCUT2D eigenvalue weighted by atomic mass is 10.0. The van der Waals surface area contributed by atoms with Crippen molar-refractivity contribution in [2.75, 3.05) is 12.3 Å². The minimum atomic E-state index is -3.92. The molecular weight excluding hydrogens is 374 g/mol. The van der Waals surface area contributed by atoms with Crippen LogP contribution in [0, 0.1) is 0 Å². The van der Waals surface area contributed by atoms with Gasteiger partial charge in [-0.25, -0.2) is 0 Å². The van der Waals surface area contributed by atoms with Crippen LogP contribution in [0.5, 0.6) is 0 Å². The van der Waals surface area contributed by atoms with Crippen LogP contribution < -0.4 is 5.32 Å². The molecule has 2 N–H and O–H groups in total. The van der Waals surface area contributed by atoms with Crippen LogP contribution >= 0.6 is 0 Å². The Morgan fingerprint density at radius 1 is 0.679 bits per heavy atom. The summed E-state index contributed by atoms with van der Waals surface area (Å²) in [5.74, 6) is -0.326. The number of nitrogens with one attached hydrogen (secondary N) is 1. The summed E-state index contributed by atoms with van der Waals surface area (Å²) in [6.07, 6.45) is 21.8. The highest BCUT2D eigenvalue weighted by Crippen LogP contribution is 2.14. The zero-order chi connectivity index (χ0) is 20.9. The second-order valence-electron chi connectivity index (χ2n) is 8.04. The van der Waals surface area contributed by atoms with Crippen molar-refractivity contribution in [1.82, 2.24) is 5.32 Å². The molecule has 0 aromatic rings. The molecule has 0 heterocycles. The average molecular weight is 420 g/mol. The monoisotopic (exact) mass is 419 g/mol. The molecule has 0 fully saturated rings. The fourth-order valence-electron chi connectivity index (χ4n) is 3.40. The van der Waals surface area contributed by atoms with Gasteiger partial charge in [0, 0.05) is 13.0 Å². The summed E-state index contributed by atoms with van der Waals surface area (Å²) in [6, 6.07) is 0. The van der Waals surface area contributed by atoms with Gasteiger partial charge < -0.3 is 5.32 Å². The van der Waals surface area contributed by atoms with Gasteiger partial charge in [-0.2, -0.15) is 8.42 Å². The summed E-state index contributed by atoms with van der Waals surface area (Å²) in [5, 5.41) is 2.69. The fourth-order valence-corrected chi connectivity index (χ4v) is 3.91. The SMILES string of the molecule is CCCCCCCCCCCCCCCCCCC(=O)NCCCS(=O)(=O)O. The molecule has 0 unspecified atom stereocenters. The standard InChI is InChI=1S/C22H45NO4S/c1-2-3-4-5-6-7-8-9-10-11-12-13-14-15-16-17-19-22(24)23-20-18-21-28(25,26)27/h2-21H2,1H3,(H,23,24)(H,25,26,27). The molecule has 0 saturated heterocycles. The van der Waals surface area contributed by atoms with Crippen LogP contribution in [0.25, 0.3) is 0 Å². The van der Waals surface area contributed by atoms with Gasteiger partial charge in [0.2, 0.25) is 5.91 Å². The predicted octanol–water partition coefficient (Wildman–Crippen LogP) is 6.03. The van der Waals surface area contributed by atoms with E-state index in [-0.39, 0.29) is 18.1 Å². The Bertz CT molecular complexity index is 451. The van der Waals surface area contributed by atoms with Crippen LogP contribution in [-0.2, 0) is 14.9 Å². The molecule has 0 atom stereocenters. The summed E-state index contributed by atoms with van der Waals surface area (Å²) in [4.78, 5) is 11.6. The first-order chi connectivity index (χ1) is 13.5. The van der Waals surface area contributed by atoms with Gasteiger partial charge in [-0.15, -0.1) is 0 Å². The van der Waals surface area contributed by atoms with E-state index in [9.17, 15) is 13.2 Å². The minimum Gasteiger partial charge on any atom is -0.356 e. The van der Waals surface area contributed by atoms with E-state index in [0.717, 1.165) is 12.8 Å². The third-order valence-corrected chi connectivity index (χ3v) is 5.96. The quantitative estimate of drug-likeness (QED) is 0.176. The van der Waals surface area contributed by atoms with Gasteiger partial charge in [0.05, 0.1) is 5.75 Å². The molecule has 0 aliphatic carbocycles. The Morgan fingerprint density at radius 2 is 1.07 bits per heavy atom. The molecule has 28 heavy (non-hydrogen) atoms. The van der Waals surface area contributed by atoms with Gasteiger partial charge in [-0.1, -0.05) is 103 Å². The maximum absolute atomic E-state index is 11.6. The third kappa shape index (κ3) is 23.4. The number of rotatable bonds is 21. The highest BCUT2D eigenvalue weighted by molar-refractivity contribution is 7.85. The lowest BCUT2D eigenvalue weighted by Crippen LogP contribution is -2.25. The molecule has 0 radical (unpaired) electrons. The molecule has 168 valence electrons. The third-order valence-electron chi connectivity index (χ3n) is 5.16. The van der Waals surface area contributed by atoms with Crippen molar-refractivity contribution in [2.24, 2.45) is 0 Å². The number of carbonyl (C=O) groups excluding carboxylic acids is 1. The van der Waals surface area contributed by atoms with Crippen molar-refractivity contribution in [1.29, 1.82) is 0 Å². The van der Waals surface area contributed by atoms with Crippen molar-refractivity contribution < 1.29 is 17.8 Å². The summed E-state index contributed by atoms with van der Waals surface area (Å²) >= 11 is 0. The molecule has 0 bridgehead atoms. The largest absolute Gasteiger partial charge is 0.356 e. The first-order valence-electron chi connectivity index (χ1n) is 11.7. The lowest BCUT2D eigenvalue weighted by molar-refractivity contribution is -0.121. The smallest absolute Gasteiger partial charge is 0.264 e. The zero-order valence-corrected chi connectivity index (χ0v) is 19.0. The molecule has 0 spiro atoms. The number of unbranched alkanes of at least 4 members (excludes halogenated alkanes) is 15. The van der Waals surface area contributed by atoms with Gasteiger partial charge in [0.15, 0.2) is 0 Å². The Kier molecular flexibility index (Phi) is 19.2. The number of amides is 1. The lowest BCUT2D eigenvalue weighted by Gasteiger charge is -2.05. The summed E-state index contributed by atoms with van der Waals surface area (Å²) < 4.78 is 29.7. The molecular formula is C22H45NO4S. The second-order valence-corrected chi connectivity index (χ2v) is 9.61. The first-order valence-corrected chi connectivity index (χ1v) is 13.3. The molecule has 0 aromatic heterocycles.